The molecule has 1 saturated heterocycles. The second-order valence-corrected chi connectivity index (χ2v) is 11.1. The topological polar surface area (TPSA) is 118 Å². The number of hydrogen-bond donors (Lipinski definition) is 3. The number of aromatic nitrogens is 3. The molecule has 3 N–H and O–H groups in total. The second kappa shape index (κ2) is 10.5. The van der Waals surface area contributed by atoms with Crippen LogP contribution >= 0.6 is 0 Å². The molecule has 0 radical (unpaired) electrons. The summed E-state index contributed by atoms with van der Waals surface area (Å²) in [7, 11) is -4.49. The summed E-state index contributed by atoms with van der Waals surface area (Å²) >= 11 is 0. The van der Waals surface area contributed by atoms with E-state index in [9.17, 15) is 30.4 Å². The molecule has 3 heterocycles. The average molecular weight is 571 g/mol. The lowest BCUT2D eigenvalue weighted by Crippen LogP contribution is -2.44. The Hall–Kier alpha value is -3.59. The molecule has 208 valence electrons. The van der Waals surface area contributed by atoms with E-state index in [-0.39, 0.29) is 54.9 Å². The van der Waals surface area contributed by atoms with Crippen molar-refractivity contribution in [3.8, 4) is 22.9 Å². The molecule has 1 aliphatic carbocycles. The van der Waals surface area contributed by atoms with E-state index >= 15 is 0 Å². The van der Waals surface area contributed by atoms with Crippen molar-refractivity contribution in [2.75, 3.05) is 28.9 Å². The summed E-state index contributed by atoms with van der Waals surface area (Å²) in [5, 5.41) is 5.99. The first-order valence-corrected chi connectivity index (χ1v) is 13.6. The Kier molecular flexibility index (Phi) is 7.29. The molecule has 9 nitrogen and oxygen atoms in total. The third-order valence-electron chi connectivity index (χ3n) is 6.16. The summed E-state index contributed by atoms with van der Waals surface area (Å²) in [4.78, 5) is 12.5. The van der Waals surface area contributed by atoms with Gasteiger partial charge in [0.25, 0.3) is 0 Å². The van der Waals surface area contributed by atoms with Crippen LogP contribution in [0.5, 0.6) is 11.6 Å². The van der Waals surface area contributed by atoms with Gasteiger partial charge in [-0.25, -0.2) is 40.9 Å². The molecular formula is C24H23F5N6O3S. The Morgan fingerprint density at radius 3 is 2.64 bits per heavy atom. The molecule has 1 aromatic carbocycles. The quantitative estimate of drug-likeness (QED) is 0.260. The van der Waals surface area contributed by atoms with Gasteiger partial charge in [0.1, 0.15) is 23.3 Å². The zero-order valence-electron chi connectivity index (χ0n) is 20.2. The standard InChI is InChI=1S/C24H23F5N6O3S/c25-13-8-14(11-30-10-13)33-23-32-7-3-17(34-23)15-2-1-6-31-22(15)38-18-9-16(26)21(20(28)19(18)27)35-39(36,37)12-24(29)4-5-24/h1-3,6-7,9,13-14,30,35H,4-5,8,10-12H2,(H,32,33,34)/t13-,14?/m0/s1. The van der Waals surface area contributed by atoms with E-state index in [1.165, 1.54) is 30.6 Å². The number of nitrogens with one attached hydrogen (secondary N) is 3. The van der Waals surface area contributed by atoms with Crippen LogP contribution in [0.2, 0.25) is 0 Å². The fraction of sp³-hybridized carbons (Fsp3) is 0.375. The van der Waals surface area contributed by atoms with E-state index in [2.05, 4.69) is 25.6 Å². The Balaban J connectivity index is 1.38. The van der Waals surface area contributed by atoms with Gasteiger partial charge in [0.15, 0.2) is 17.4 Å². The van der Waals surface area contributed by atoms with Gasteiger partial charge in [-0.15, -0.1) is 0 Å². The number of anilines is 2. The monoisotopic (exact) mass is 570 g/mol. The van der Waals surface area contributed by atoms with Gasteiger partial charge >= 0.3 is 0 Å². The molecule has 0 spiro atoms. The molecule has 0 bridgehead atoms. The highest BCUT2D eigenvalue weighted by Gasteiger charge is 2.47. The van der Waals surface area contributed by atoms with Gasteiger partial charge < -0.3 is 15.4 Å². The molecule has 2 atom stereocenters. The molecule has 1 saturated carbocycles. The van der Waals surface area contributed by atoms with Crippen molar-refractivity contribution >= 4 is 21.7 Å². The number of nitrogens with zero attached hydrogens (tertiary/aromatic N) is 3. The summed E-state index contributed by atoms with van der Waals surface area (Å²) < 4.78 is 103. The van der Waals surface area contributed by atoms with E-state index in [1.807, 2.05) is 0 Å². The minimum absolute atomic E-state index is 0.00614. The smallest absolute Gasteiger partial charge is 0.236 e. The maximum Gasteiger partial charge on any atom is 0.236 e. The molecule has 5 rings (SSSR count). The summed E-state index contributed by atoms with van der Waals surface area (Å²) in [6.07, 6.45) is 1.98. The van der Waals surface area contributed by atoms with E-state index in [1.54, 1.807) is 4.72 Å². The number of rotatable bonds is 9. The number of sulfonamides is 1. The predicted octanol–water partition coefficient (Wildman–Crippen LogP) is 4.10. The Labute approximate surface area is 220 Å². The average Bonchev–Trinajstić information content (AvgIpc) is 3.61. The van der Waals surface area contributed by atoms with Crippen molar-refractivity contribution < 1.29 is 35.1 Å². The molecule has 0 amide bonds. The first kappa shape index (κ1) is 27.0. The third kappa shape index (κ3) is 6.36. The maximum atomic E-state index is 14.9. The Morgan fingerprint density at radius 2 is 1.90 bits per heavy atom. The summed E-state index contributed by atoms with van der Waals surface area (Å²) in [6.45, 7) is 0.769. The Bertz CT molecular complexity index is 1490. The summed E-state index contributed by atoms with van der Waals surface area (Å²) in [6, 6.07) is 4.74. The fourth-order valence-corrected chi connectivity index (χ4v) is 5.62. The van der Waals surface area contributed by atoms with E-state index in [0.29, 0.717) is 12.6 Å². The van der Waals surface area contributed by atoms with Crippen molar-refractivity contribution in [2.45, 2.75) is 37.1 Å². The van der Waals surface area contributed by atoms with Gasteiger partial charge in [0.05, 0.1) is 11.3 Å². The number of halogens is 5. The molecule has 2 aliphatic rings. The Morgan fingerprint density at radius 1 is 1.10 bits per heavy atom. The van der Waals surface area contributed by atoms with Crippen molar-refractivity contribution in [3.05, 3.63) is 54.1 Å². The van der Waals surface area contributed by atoms with Crippen molar-refractivity contribution in [3.63, 3.8) is 0 Å². The summed E-state index contributed by atoms with van der Waals surface area (Å²) in [5.41, 5.74) is -2.77. The van der Waals surface area contributed by atoms with Gasteiger partial charge in [-0.1, -0.05) is 0 Å². The fourth-order valence-electron chi connectivity index (χ4n) is 4.08. The van der Waals surface area contributed by atoms with Crippen LogP contribution < -0.4 is 20.1 Å². The maximum absolute atomic E-state index is 14.9. The lowest BCUT2D eigenvalue weighted by atomic mass is 10.1. The van der Waals surface area contributed by atoms with Crippen LogP contribution in [0.4, 0.5) is 33.6 Å². The van der Waals surface area contributed by atoms with Gasteiger partial charge in [0, 0.05) is 44.0 Å². The van der Waals surface area contributed by atoms with Gasteiger partial charge in [0.2, 0.25) is 27.7 Å². The van der Waals surface area contributed by atoms with E-state index in [0.717, 1.165) is 0 Å². The first-order valence-electron chi connectivity index (χ1n) is 12.0. The van der Waals surface area contributed by atoms with Crippen LogP contribution in [-0.4, -0.2) is 60.1 Å². The van der Waals surface area contributed by atoms with Gasteiger partial charge in [-0.05, 0) is 31.0 Å². The zero-order valence-corrected chi connectivity index (χ0v) is 21.0. The normalized spacial score (nSPS) is 20.3. The highest BCUT2D eigenvalue weighted by Crippen LogP contribution is 2.41. The minimum Gasteiger partial charge on any atom is -0.435 e. The van der Waals surface area contributed by atoms with E-state index in [4.69, 9.17) is 4.74 Å². The SMILES string of the molecule is O=S(=O)(CC1(F)CC1)Nc1c(F)cc(Oc2ncccc2-c2ccnc(NC3CNC[C@@H](F)C3)n2)c(F)c1F. The van der Waals surface area contributed by atoms with Crippen molar-refractivity contribution in [1.29, 1.82) is 0 Å². The second-order valence-electron chi connectivity index (χ2n) is 9.43. The number of hydrogen-bond acceptors (Lipinski definition) is 8. The largest absolute Gasteiger partial charge is 0.435 e. The predicted molar refractivity (Wildman–Crippen MR) is 132 cm³/mol. The molecular weight excluding hydrogens is 547 g/mol. The number of pyridine rings is 1. The molecule has 2 aromatic heterocycles. The van der Waals surface area contributed by atoms with E-state index < -0.39 is 56.5 Å². The highest BCUT2D eigenvalue weighted by atomic mass is 32.2. The zero-order chi connectivity index (χ0) is 27.8. The molecule has 39 heavy (non-hydrogen) atoms. The molecule has 1 unspecified atom stereocenters. The van der Waals surface area contributed by atoms with Gasteiger partial charge in [-0.3, -0.25) is 4.72 Å². The first-order chi connectivity index (χ1) is 18.5. The summed E-state index contributed by atoms with van der Waals surface area (Å²) in [5.74, 6) is -7.02. The van der Waals surface area contributed by atoms with Crippen LogP contribution in [0.1, 0.15) is 19.3 Å². The lowest BCUT2D eigenvalue weighted by molar-refractivity contribution is 0.254. The molecule has 1 aliphatic heterocycles. The number of piperidine rings is 1. The highest BCUT2D eigenvalue weighted by molar-refractivity contribution is 7.92. The lowest BCUT2D eigenvalue weighted by Gasteiger charge is -2.26. The van der Waals surface area contributed by atoms with Crippen LogP contribution in [0.3, 0.4) is 0 Å². The van der Waals surface area contributed by atoms with Crippen LogP contribution in [0.15, 0.2) is 36.7 Å². The number of benzene rings is 1. The van der Waals surface area contributed by atoms with Crippen molar-refractivity contribution in [2.24, 2.45) is 0 Å². The number of alkyl halides is 2. The molecule has 15 heteroatoms. The van der Waals surface area contributed by atoms with Gasteiger partial charge in [-0.2, -0.15) is 4.39 Å². The van der Waals surface area contributed by atoms with Crippen molar-refractivity contribution in [1.82, 2.24) is 20.3 Å². The minimum atomic E-state index is -4.49. The molecule has 3 aromatic rings. The number of ether oxygens (including phenoxy) is 1. The third-order valence-corrected chi connectivity index (χ3v) is 7.58. The van der Waals surface area contributed by atoms with Crippen LogP contribution in [0, 0.1) is 17.5 Å². The van der Waals surface area contributed by atoms with Crippen LogP contribution in [0.25, 0.3) is 11.3 Å². The molecule has 2 fully saturated rings. The van der Waals surface area contributed by atoms with Crippen LogP contribution in [-0.2, 0) is 10.0 Å².